The summed E-state index contributed by atoms with van der Waals surface area (Å²) < 4.78 is 13.4. The van der Waals surface area contributed by atoms with Crippen molar-refractivity contribution in [2.45, 2.75) is 19.4 Å². The first-order chi connectivity index (χ1) is 8.31. The molecule has 1 N–H and O–H groups in total. The zero-order chi connectivity index (χ0) is 12.1. The van der Waals surface area contributed by atoms with E-state index in [4.69, 9.17) is 5.11 Å². The molecule has 0 spiro atoms. The molecule has 0 aliphatic carbocycles. The molecule has 1 aromatic carbocycles. The van der Waals surface area contributed by atoms with Crippen molar-refractivity contribution in [2.24, 2.45) is 0 Å². The molecule has 0 saturated carbocycles. The van der Waals surface area contributed by atoms with Crippen LogP contribution in [0.5, 0.6) is 0 Å². The van der Waals surface area contributed by atoms with E-state index in [-0.39, 0.29) is 18.2 Å². The highest BCUT2D eigenvalue weighted by Gasteiger charge is 2.09. The largest absolute Gasteiger partial charge is 0.396 e. The van der Waals surface area contributed by atoms with Gasteiger partial charge in [-0.1, -0.05) is 12.1 Å². The smallest absolute Gasteiger partial charge is 0.207 e. The Hall–Kier alpha value is -1.82. The van der Waals surface area contributed by atoms with Gasteiger partial charge in [0.25, 0.3) is 0 Å². The van der Waals surface area contributed by atoms with E-state index in [2.05, 4.69) is 15.4 Å². The molecular formula is C11H13FN4O. The standard InChI is InChI=1S/C11H13FN4O/c12-10-6-2-1-5-9(10)11-13-15-16(14-11)7-3-4-8-17/h1-2,5-6,17H,3-4,7-8H2. The maximum atomic E-state index is 13.4. The van der Waals surface area contributed by atoms with Gasteiger partial charge in [0.2, 0.25) is 5.82 Å². The Balaban J connectivity index is 2.10. The average molecular weight is 236 g/mol. The lowest BCUT2D eigenvalue weighted by atomic mass is 10.2. The fraction of sp³-hybridized carbons (Fsp3) is 0.364. The maximum Gasteiger partial charge on any atom is 0.207 e. The zero-order valence-electron chi connectivity index (χ0n) is 9.25. The Morgan fingerprint density at radius 2 is 2.06 bits per heavy atom. The Labute approximate surface area is 97.9 Å². The highest BCUT2D eigenvalue weighted by atomic mass is 19.1. The zero-order valence-corrected chi connectivity index (χ0v) is 9.25. The van der Waals surface area contributed by atoms with Gasteiger partial charge in [-0.25, -0.2) is 4.39 Å². The van der Waals surface area contributed by atoms with Crippen molar-refractivity contribution >= 4 is 0 Å². The molecule has 0 amide bonds. The number of halogens is 1. The van der Waals surface area contributed by atoms with Crippen LogP contribution < -0.4 is 0 Å². The van der Waals surface area contributed by atoms with Gasteiger partial charge in [0.1, 0.15) is 5.82 Å². The summed E-state index contributed by atoms with van der Waals surface area (Å²) in [6.45, 7) is 0.719. The van der Waals surface area contributed by atoms with Gasteiger partial charge >= 0.3 is 0 Å². The van der Waals surface area contributed by atoms with Crippen molar-refractivity contribution in [1.82, 2.24) is 20.2 Å². The molecule has 2 rings (SSSR count). The number of unbranched alkanes of at least 4 members (excludes halogenated alkanes) is 1. The number of rotatable bonds is 5. The fourth-order valence-corrected chi connectivity index (χ4v) is 1.45. The van der Waals surface area contributed by atoms with Gasteiger partial charge in [0.05, 0.1) is 12.1 Å². The van der Waals surface area contributed by atoms with Gasteiger partial charge in [-0.05, 0) is 30.2 Å². The van der Waals surface area contributed by atoms with Crippen LogP contribution in [0, 0.1) is 5.82 Å². The van der Waals surface area contributed by atoms with Crippen LogP contribution in [-0.4, -0.2) is 31.9 Å². The van der Waals surface area contributed by atoms with Crippen LogP contribution in [0.2, 0.25) is 0 Å². The number of hydrogen-bond donors (Lipinski definition) is 1. The van der Waals surface area contributed by atoms with Crippen LogP contribution in [0.25, 0.3) is 11.4 Å². The first kappa shape index (κ1) is 11.7. The second-order valence-electron chi connectivity index (χ2n) is 3.62. The Bertz CT molecular complexity index is 486. The van der Waals surface area contributed by atoms with Gasteiger partial charge in [0, 0.05) is 6.61 Å². The summed E-state index contributed by atoms with van der Waals surface area (Å²) in [6.07, 6.45) is 1.46. The van der Waals surface area contributed by atoms with E-state index in [9.17, 15) is 4.39 Å². The lowest BCUT2D eigenvalue weighted by molar-refractivity contribution is 0.278. The summed E-state index contributed by atoms with van der Waals surface area (Å²) in [5, 5.41) is 20.4. The molecule has 1 aromatic heterocycles. The van der Waals surface area contributed by atoms with Gasteiger partial charge in [-0.3, -0.25) is 0 Å². The molecule has 5 nitrogen and oxygen atoms in total. The third-order valence-electron chi connectivity index (χ3n) is 2.33. The lowest BCUT2D eigenvalue weighted by Crippen LogP contribution is -2.03. The quantitative estimate of drug-likeness (QED) is 0.793. The minimum Gasteiger partial charge on any atom is -0.396 e. The molecule has 17 heavy (non-hydrogen) atoms. The van der Waals surface area contributed by atoms with Crippen LogP contribution in [0.3, 0.4) is 0 Å². The molecule has 0 bridgehead atoms. The number of aromatic nitrogens is 4. The van der Waals surface area contributed by atoms with Crippen molar-refractivity contribution < 1.29 is 9.50 Å². The van der Waals surface area contributed by atoms with Crippen LogP contribution in [0.1, 0.15) is 12.8 Å². The van der Waals surface area contributed by atoms with E-state index in [1.54, 1.807) is 18.2 Å². The first-order valence-corrected chi connectivity index (χ1v) is 5.45. The second kappa shape index (κ2) is 5.49. The lowest BCUT2D eigenvalue weighted by Gasteiger charge is -1.97. The monoisotopic (exact) mass is 236 g/mol. The van der Waals surface area contributed by atoms with E-state index in [0.29, 0.717) is 18.5 Å². The van der Waals surface area contributed by atoms with Crippen LogP contribution in [0.15, 0.2) is 24.3 Å². The number of nitrogens with zero attached hydrogens (tertiary/aromatic N) is 4. The van der Waals surface area contributed by atoms with Gasteiger partial charge in [0.15, 0.2) is 0 Å². The average Bonchev–Trinajstić information content (AvgIpc) is 2.79. The normalized spacial score (nSPS) is 10.7. The first-order valence-electron chi connectivity index (χ1n) is 5.45. The summed E-state index contributed by atoms with van der Waals surface area (Å²) >= 11 is 0. The maximum absolute atomic E-state index is 13.4. The third-order valence-corrected chi connectivity index (χ3v) is 2.33. The van der Waals surface area contributed by atoms with Gasteiger partial charge in [-0.2, -0.15) is 4.80 Å². The molecule has 0 radical (unpaired) electrons. The van der Waals surface area contributed by atoms with E-state index >= 15 is 0 Å². The predicted octanol–water partition coefficient (Wildman–Crippen LogP) is 1.25. The molecule has 0 atom stereocenters. The number of aryl methyl sites for hydroxylation is 1. The van der Waals surface area contributed by atoms with Crippen molar-refractivity contribution in [1.29, 1.82) is 0 Å². The van der Waals surface area contributed by atoms with Gasteiger partial charge in [-0.15, -0.1) is 10.2 Å². The Morgan fingerprint density at radius 1 is 1.24 bits per heavy atom. The molecule has 90 valence electrons. The number of benzene rings is 1. The molecule has 1 heterocycles. The number of aliphatic hydroxyl groups is 1. The number of hydrogen-bond acceptors (Lipinski definition) is 4. The SMILES string of the molecule is OCCCCn1nnc(-c2ccccc2F)n1. The van der Waals surface area contributed by atoms with E-state index in [0.717, 1.165) is 6.42 Å². The van der Waals surface area contributed by atoms with Crippen LogP contribution in [0.4, 0.5) is 4.39 Å². The molecule has 0 unspecified atom stereocenters. The topological polar surface area (TPSA) is 63.8 Å². The highest BCUT2D eigenvalue weighted by molar-refractivity contribution is 5.54. The molecule has 0 aliphatic rings. The Kier molecular flexibility index (Phi) is 3.77. The van der Waals surface area contributed by atoms with Crippen molar-refractivity contribution in [3.63, 3.8) is 0 Å². The second-order valence-corrected chi connectivity index (χ2v) is 3.62. The minimum absolute atomic E-state index is 0.148. The summed E-state index contributed by atoms with van der Waals surface area (Å²) in [5.41, 5.74) is 0.348. The summed E-state index contributed by atoms with van der Waals surface area (Å²) in [5.74, 6) is -0.0745. The molecular weight excluding hydrogens is 223 g/mol. The summed E-state index contributed by atoms with van der Waals surface area (Å²) in [4.78, 5) is 1.41. The molecule has 0 fully saturated rings. The van der Waals surface area contributed by atoms with Crippen LogP contribution in [-0.2, 0) is 6.54 Å². The van der Waals surface area contributed by atoms with E-state index < -0.39 is 0 Å². The minimum atomic E-state index is -0.359. The highest BCUT2D eigenvalue weighted by Crippen LogP contribution is 2.17. The predicted molar refractivity (Wildman–Crippen MR) is 59.5 cm³/mol. The van der Waals surface area contributed by atoms with Crippen LogP contribution >= 0.6 is 0 Å². The van der Waals surface area contributed by atoms with Crippen molar-refractivity contribution in [3.8, 4) is 11.4 Å². The van der Waals surface area contributed by atoms with Crippen molar-refractivity contribution in [3.05, 3.63) is 30.1 Å². The fourth-order valence-electron chi connectivity index (χ4n) is 1.45. The third kappa shape index (κ3) is 2.85. The van der Waals surface area contributed by atoms with Gasteiger partial charge < -0.3 is 5.11 Å². The van der Waals surface area contributed by atoms with Crippen molar-refractivity contribution in [2.75, 3.05) is 6.61 Å². The molecule has 0 aliphatic heterocycles. The number of aliphatic hydroxyl groups excluding tert-OH is 1. The van der Waals surface area contributed by atoms with E-state index in [1.807, 2.05) is 0 Å². The molecule has 2 aromatic rings. The molecule has 6 heteroatoms. The summed E-state index contributed by atoms with van der Waals surface area (Å²) in [6, 6.07) is 6.32. The van der Waals surface area contributed by atoms with E-state index in [1.165, 1.54) is 10.9 Å². The Morgan fingerprint density at radius 3 is 2.82 bits per heavy atom. The summed E-state index contributed by atoms with van der Waals surface area (Å²) in [7, 11) is 0. The number of tetrazole rings is 1. The molecule has 0 saturated heterocycles.